The van der Waals surface area contributed by atoms with E-state index in [1.165, 1.54) is 25.3 Å². The van der Waals surface area contributed by atoms with Crippen LogP contribution in [0.25, 0.3) is 0 Å². The third-order valence-electron chi connectivity index (χ3n) is 3.42. The SMILES string of the molecule is COc1ccc(NC(=O)CCC(=O)c2ccc(Cl)cc2)c([N+](=O)[O-])c1. The maximum Gasteiger partial charge on any atom is 0.296 e. The van der Waals surface area contributed by atoms with E-state index in [0.29, 0.717) is 16.3 Å². The average molecular weight is 363 g/mol. The zero-order valence-electron chi connectivity index (χ0n) is 13.3. The van der Waals surface area contributed by atoms with E-state index in [1.807, 2.05) is 0 Å². The first-order chi connectivity index (χ1) is 11.9. The number of ketones is 1. The third kappa shape index (κ3) is 5.02. The number of Topliss-reactive ketones (excluding diaryl/α,β-unsaturated/α-hetero) is 1. The molecule has 1 amide bonds. The minimum absolute atomic E-state index is 0.0165. The summed E-state index contributed by atoms with van der Waals surface area (Å²) in [6.07, 6.45) is -0.109. The average Bonchev–Trinajstić information content (AvgIpc) is 2.60. The quantitative estimate of drug-likeness (QED) is 0.458. The molecule has 8 heteroatoms. The summed E-state index contributed by atoms with van der Waals surface area (Å²) in [6, 6.07) is 10.4. The van der Waals surface area contributed by atoms with Crippen molar-refractivity contribution in [3.05, 3.63) is 63.2 Å². The van der Waals surface area contributed by atoms with Crippen molar-refractivity contribution >= 4 is 34.7 Å². The molecule has 1 N–H and O–H groups in total. The van der Waals surface area contributed by atoms with Crippen molar-refractivity contribution in [3.63, 3.8) is 0 Å². The van der Waals surface area contributed by atoms with Gasteiger partial charge >= 0.3 is 0 Å². The largest absolute Gasteiger partial charge is 0.496 e. The van der Waals surface area contributed by atoms with Gasteiger partial charge in [-0.05, 0) is 36.4 Å². The molecule has 0 heterocycles. The van der Waals surface area contributed by atoms with E-state index in [-0.39, 0.29) is 30.0 Å². The molecule has 2 rings (SSSR count). The van der Waals surface area contributed by atoms with Crippen LogP contribution in [0, 0.1) is 10.1 Å². The maximum absolute atomic E-state index is 12.0. The monoisotopic (exact) mass is 362 g/mol. The predicted molar refractivity (Wildman–Crippen MR) is 93.3 cm³/mol. The lowest BCUT2D eigenvalue weighted by atomic mass is 10.1. The van der Waals surface area contributed by atoms with Gasteiger partial charge in [0.05, 0.1) is 18.1 Å². The summed E-state index contributed by atoms with van der Waals surface area (Å²) < 4.78 is 4.93. The van der Waals surface area contributed by atoms with E-state index >= 15 is 0 Å². The second kappa shape index (κ2) is 8.25. The molecular weight excluding hydrogens is 348 g/mol. The molecule has 0 atom stereocenters. The van der Waals surface area contributed by atoms with Gasteiger partial charge in [0, 0.05) is 23.4 Å². The van der Waals surface area contributed by atoms with E-state index in [0.717, 1.165) is 0 Å². The molecule has 0 unspecified atom stereocenters. The second-order valence-corrected chi connectivity index (χ2v) is 5.55. The van der Waals surface area contributed by atoms with Gasteiger partial charge in [0.1, 0.15) is 11.4 Å². The summed E-state index contributed by atoms with van der Waals surface area (Å²) in [5, 5.41) is 14.0. The molecule has 130 valence electrons. The summed E-state index contributed by atoms with van der Waals surface area (Å²) in [6.45, 7) is 0. The number of carbonyl (C=O) groups excluding carboxylic acids is 2. The molecule has 0 saturated heterocycles. The van der Waals surface area contributed by atoms with Gasteiger partial charge in [-0.25, -0.2) is 0 Å². The van der Waals surface area contributed by atoms with Crippen molar-refractivity contribution in [1.82, 2.24) is 0 Å². The maximum atomic E-state index is 12.0. The normalized spacial score (nSPS) is 10.2. The van der Waals surface area contributed by atoms with Crippen molar-refractivity contribution in [1.29, 1.82) is 0 Å². The van der Waals surface area contributed by atoms with Crippen LogP contribution in [0.1, 0.15) is 23.2 Å². The van der Waals surface area contributed by atoms with Gasteiger partial charge in [0.2, 0.25) is 5.91 Å². The number of carbonyl (C=O) groups is 2. The fraction of sp³-hybridized carbons (Fsp3) is 0.176. The van der Waals surface area contributed by atoms with Gasteiger partial charge in [-0.1, -0.05) is 11.6 Å². The number of nitro benzene ring substituents is 1. The van der Waals surface area contributed by atoms with Crippen molar-refractivity contribution in [3.8, 4) is 5.75 Å². The molecule has 2 aromatic rings. The number of amides is 1. The highest BCUT2D eigenvalue weighted by Gasteiger charge is 2.18. The number of methoxy groups -OCH3 is 1. The second-order valence-electron chi connectivity index (χ2n) is 5.12. The highest BCUT2D eigenvalue weighted by molar-refractivity contribution is 6.30. The Balaban J connectivity index is 1.99. The molecular formula is C17H15ClN2O5. The summed E-state index contributed by atoms with van der Waals surface area (Å²) in [5.41, 5.74) is 0.221. The lowest BCUT2D eigenvalue weighted by molar-refractivity contribution is -0.384. The smallest absolute Gasteiger partial charge is 0.296 e. The van der Waals surface area contributed by atoms with E-state index < -0.39 is 10.8 Å². The lowest BCUT2D eigenvalue weighted by Gasteiger charge is -2.07. The van der Waals surface area contributed by atoms with Gasteiger partial charge < -0.3 is 10.1 Å². The first-order valence-electron chi connectivity index (χ1n) is 7.31. The molecule has 0 bridgehead atoms. The van der Waals surface area contributed by atoms with Gasteiger partial charge in [0.25, 0.3) is 5.69 Å². The van der Waals surface area contributed by atoms with Crippen LogP contribution >= 0.6 is 11.6 Å². The number of halogens is 1. The minimum Gasteiger partial charge on any atom is -0.496 e. The Bertz CT molecular complexity index is 805. The van der Waals surface area contributed by atoms with Crippen LogP contribution in [-0.4, -0.2) is 23.7 Å². The Kier molecular flexibility index (Phi) is 6.08. The summed E-state index contributed by atoms with van der Waals surface area (Å²) in [4.78, 5) is 34.5. The van der Waals surface area contributed by atoms with Crippen molar-refractivity contribution in [2.75, 3.05) is 12.4 Å². The number of rotatable bonds is 7. The Morgan fingerprint density at radius 1 is 1.16 bits per heavy atom. The number of nitrogens with one attached hydrogen (secondary N) is 1. The molecule has 0 fully saturated rings. The molecule has 0 radical (unpaired) electrons. The van der Waals surface area contributed by atoms with Gasteiger partial charge in [-0.15, -0.1) is 0 Å². The van der Waals surface area contributed by atoms with Gasteiger partial charge in [-0.3, -0.25) is 19.7 Å². The van der Waals surface area contributed by atoms with Crippen LogP contribution in [0.15, 0.2) is 42.5 Å². The molecule has 0 spiro atoms. The van der Waals surface area contributed by atoms with Crippen LogP contribution in [0.2, 0.25) is 5.02 Å². The zero-order valence-corrected chi connectivity index (χ0v) is 14.1. The number of ether oxygens (including phenoxy) is 1. The molecule has 7 nitrogen and oxygen atoms in total. The first-order valence-corrected chi connectivity index (χ1v) is 7.69. The highest BCUT2D eigenvalue weighted by atomic mass is 35.5. The molecule has 2 aromatic carbocycles. The van der Waals surface area contributed by atoms with Crippen LogP contribution in [0.3, 0.4) is 0 Å². The summed E-state index contributed by atoms with van der Waals surface area (Å²) in [5.74, 6) is -0.394. The minimum atomic E-state index is -0.614. The van der Waals surface area contributed by atoms with Crippen molar-refractivity contribution < 1.29 is 19.2 Å². The standard InChI is InChI=1S/C17H15ClN2O5/c1-25-13-6-7-14(15(10-13)20(23)24)19-17(22)9-8-16(21)11-2-4-12(18)5-3-11/h2-7,10H,8-9H2,1H3,(H,19,22). The fourth-order valence-electron chi connectivity index (χ4n) is 2.12. The Labute approximate surface area is 148 Å². The molecule has 0 aromatic heterocycles. The fourth-order valence-corrected chi connectivity index (χ4v) is 2.24. The number of benzene rings is 2. The lowest BCUT2D eigenvalue weighted by Crippen LogP contribution is -2.14. The number of hydrogen-bond donors (Lipinski definition) is 1. The Morgan fingerprint density at radius 2 is 1.84 bits per heavy atom. The van der Waals surface area contributed by atoms with Crippen LogP contribution < -0.4 is 10.1 Å². The molecule has 0 aliphatic carbocycles. The zero-order chi connectivity index (χ0) is 18.4. The highest BCUT2D eigenvalue weighted by Crippen LogP contribution is 2.29. The van der Waals surface area contributed by atoms with Gasteiger partial charge in [-0.2, -0.15) is 0 Å². The van der Waals surface area contributed by atoms with Crippen LogP contribution in [0.5, 0.6) is 5.75 Å². The first kappa shape index (κ1) is 18.4. The van der Waals surface area contributed by atoms with Crippen LogP contribution in [0.4, 0.5) is 11.4 Å². The molecule has 0 aliphatic heterocycles. The van der Waals surface area contributed by atoms with E-state index in [1.54, 1.807) is 24.3 Å². The summed E-state index contributed by atoms with van der Waals surface area (Å²) >= 11 is 5.76. The van der Waals surface area contributed by atoms with E-state index in [9.17, 15) is 19.7 Å². The number of nitrogens with zero attached hydrogens (tertiary/aromatic N) is 1. The van der Waals surface area contributed by atoms with Crippen molar-refractivity contribution in [2.45, 2.75) is 12.8 Å². The topological polar surface area (TPSA) is 98.5 Å². The Morgan fingerprint density at radius 3 is 2.44 bits per heavy atom. The van der Waals surface area contributed by atoms with Crippen LogP contribution in [-0.2, 0) is 4.79 Å². The number of hydrogen-bond acceptors (Lipinski definition) is 5. The van der Waals surface area contributed by atoms with Crippen molar-refractivity contribution in [2.24, 2.45) is 0 Å². The molecule has 25 heavy (non-hydrogen) atoms. The molecule has 0 aliphatic rings. The van der Waals surface area contributed by atoms with E-state index in [2.05, 4.69) is 5.32 Å². The van der Waals surface area contributed by atoms with Gasteiger partial charge in [0.15, 0.2) is 5.78 Å². The third-order valence-corrected chi connectivity index (χ3v) is 3.67. The number of nitro groups is 1. The van der Waals surface area contributed by atoms with E-state index in [4.69, 9.17) is 16.3 Å². The predicted octanol–water partition coefficient (Wildman–Crippen LogP) is 3.86. The molecule has 0 saturated carbocycles. The summed E-state index contributed by atoms with van der Waals surface area (Å²) in [7, 11) is 1.39. The number of anilines is 1. The Hall–Kier alpha value is -2.93.